The molecule has 0 aliphatic heterocycles. The quantitative estimate of drug-likeness (QED) is 0.689. The van der Waals surface area contributed by atoms with Gasteiger partial charge in [0.05, 0.1) is 6.61 Å². The van der Waals surface area contributed by atoms with E-state index in [0.29, 0.717) is 6.42 Å². The third kappa shape index (κ3) is 3.28. The van der Waals surface area contributed by atoms with E-state index < -0.39 is 0 Å². The van der Waals surface area contributed by atoms with Gasteiger partial charge in [-0.15, -0.1) is 0 Å². The molecular weight excluding hydrogens is 214 g/mol. The van der Waals surface area contributed by atoms with Crippen molar-refractivity contribution in [2.75, 3.05) is 13.2 Å². The number of fused-ring (bicyclic) bond motifs is 1. The van der Waals surface area contributed by atoms with Gasteiger partial charge in [0.15, 0.2) is 0 Å². The molecule has 1 aliphatic rings. The minimum atomic E-state index is -0.00625. The first-order valence-corrected chi connectivity index (χ1v) is 6.39. The number of aryl methyl sites for hydroxylation is 2. The number of aliphatic hydroxyl groups excluding tert-OH is 2. The highest BCUT2D eigenvalue weighted by Gasteiger charge is 2.11. The highest BCUT2D eigenvalue weighted by Crippen LogP contribution is 2.22. The van der Waals surface area contributed by atoms with E-state index in [1.54, 1.807) is 0 Å². The van der Waals surface area contributed by atoms with Crippen LogP contribution < -0.4 is 5.32 Å². The summed E-state index contributed by atoms with van der Waals surface area (Å²) in [6.07, 6.45) is 4.29. The molecule has 1 aliphatic carbocycles. The molecule has 1 aromatic rings. The van der Waals surface area contributed by atoms with Crippen LogP contribution in [0.2, 0.25) is 0 Å². The van der Waals surface area contributed by atoms with Gasteiger partial charge >= 0.3 is 0 Å². The molecular formula is C14H21NO2. The molecule has 1 unspecified atom stereocenters. The summed E-state index contributed by atoms with van der Waals surface area (Å²) in [6.45, 7) is 0.951. The Morgan fingerprint density at radius 3 is 2.76 bits per heavy atom. The second-order valence-electron chi connectivity index (χ2n) is 4.73. The molecule has 3 nitrogen and oxygen atoms in total. The minimum absolute atomic E-state index is 0.00625. The summed E-state index contributed by atoms with van der Waals surface area (Å²) >= 11 is 0. The Bertz CT molecular complexity index is 365. The standard InChI is InChI=1S/C14H21NO2/c16-7-6-14(10-17)15-9-11-4-5-12-2-1-3-13(12)8-11/h4-5,8,14-17H,1-3,6-7,9-10H2. The van der Waals surface area contributed by atoms with Crippen molar-refractivity contribution in [3.63, 3.8) is 0 Å². The van der Waals surface area contributed by atoms with Crippen LogP contribution in [-0.4, -0.2) is 29.5 Å². The van der Waals surface area contributed by atoms with E-state index in [9.17, 15) is 0 Å². The van der Waals surface area contributed by atoms with Gasteiger partial charge in [0.25, 0.3) is 0 Å². The first kappa shape index (κ1) is 12.6. The maximum absolute atomic E-state index is 9.12. The molecule has 0 saturated heterocycles. The Morgan fingerprint density at radius 1 is 1.18 bits per heavy atom. The molecule has 0 fully saturated rings. The van der Waals surface area contributed by atoms with E-state index in [0.717, 1.165) is 6.54 Å². The van der Waals surface area contributed by atoms with E-state index in [2.05, 4.69) is 23.5 Å². The van der Waals surface area contributed by atoms with E-state index in [1.807, 2.05) is 0 Å². The molecule has 3 heteroatoms. The van der Waals surface area contributed by atoms with Crippen molar-refractivity contribution >= 4 is 0 Å². The number of hydrogen-bond donors (Lipinski definition) is 3. The molecule has 0 aromatic heterocycles. The zero-order valence-corrected chi connectivity index (χ0v) is 10.2. The Kier molecular flexibility index (Phi) is 4.54. The second-order valence-corrected chi connectivity index (χ2v) is 4.73. The Hall–Kier alpha value is -0.900. The molecule has 94 valence electrons. The van der Waals surface area contributed by atoms with Crippen LogP contribution in [0.3, 0.4) is 0 Å². The summed E-state index contributed by atoms with van der Waals surface area (Å²) in [5.41, 5.74) is 4.23. The molecule has 17 heavy (non-hydrogen) atoms. The highest BCUT2D eigenvalue weighted by molar-refractivity contribution is 5.35. The summed E-state index contributed by atoms with van der Waals surface area (Å²) < 4.78 is 0. The number of nitrogens with one attached hydrogen (secondary N) is 1. The lowest BCUT2D eigenvalue weighted by Crippen LogP contribution is -2.32. The van der Waals surface area contributed by atoms with Gasteiger partial charge in [-0.25, -0.2) is 0 Å². The van der Waals surface area contributed by atoms with Crippen molar-refractivity contribution in [3.8, 4) is 0 Å². The molecule has 0 radical (unpaired) electrons. The summed E-state index contributed by atoms with van der Waals surface area (Å²) in [7, 11) is 0. The maximum Gasteiger partial charge on any atom is 0.0585 e. The maximum atomic E-state index is 9.12. The van der Waals surface area contributed by atoms with Crippen LogP contribution >= 0.6 is 0 Å². The molecule has 0 heterocycles. The van der Waals surface area contributed by atoms with Gasteiger partial charge in [-0.05, 0) is 42.4 Å². The average molecular weight is 235 g/mol. The van der Waals surface area contributed by atoms with Crippen molar-refractivity contribution in [1.29, 1.82) is 0 Å². The fourth-order valence-electron chi connectivity index (χ4n) is 2.41. The molecule has 0 bridgehead atoms. The van der Waals surface area contributed by atoms with Crippen molar-refractivity contribution < 1.29 is 10.2 Å². The zero-order chi connectivity index (χ0) is 12.1. The predicted molar refractivity (Wildman–Crippen MR) is 67.9 cm³/mol. The normalized spacial score (nSPS) is 15.9. The van der Waals surface area contributed by atoms with Crippen LogP contribution in [0.1, 0.15) is 29.5 Å². The highest BCUT2D eigenvalue weighted by atomic mass is 16.3. The first-order chi connectivity index (χ1) is 8.33. The lowest BCUT2D eigenvalue weighted by atomic mass is 10.1. The fourth-order valence-corrected chi connectivity index (χ4v) is 2.41. The largest absolute Gasteiger partial charge is 0.396 e. The lowest BCUT2D eigenvalue weighted by Gasteiger charge is -2.15. The summed E-state index contributed by atoms with van der Waals surface area (Å²) in [4.78, 5) is 0. The topological polar surface area (TPSA) is 52.5 Å². The molecule has 0 saturated carbocycles. The smallest absolute Gasteiger partial charge is 0.0585 e. The van der Waals surface area contributed by atoms with E-state index in [1.165, 1.54) is 36.0 Å². The van der Waals surface area contributed by atoms with E-state index in [-0.39, 0.29) is 19.3 Å². The van der Waals surface area contributed by atoms with Gasteiger partial charge in [-0.3, -0.25) is 0 Å². The van der Waals surface area contributed by atoms with Crippen LogP contribution in [0.4, 0.5) is 0 Å². The lowest BCUT2D eigenvalue weighted by molar-refractivity contribution is 0.200. The third-order valence-corrected chi connectivity index (χ3v) is 3.46. The summed E-state index contributed by atoms with van der Waals surface area (Å²) in [6, 6.07) is 6.64. The third-order valence-electron chi connectivity index (χ3n) is 3.46. The Labute approximate surface area is 102 Å². The van der Waals surface area contributed by atoms with Gasteiger partial charge in [-0.2, -0.15) is 0 Å². The van der Waals surface area contributed by atoms with Gasteiger partial charge in [0, 0.05) is 19.2 Å². The van der Waals surface area contributed by atoms with Crippen LogP contribution in [0, 0.1) is 0 Å². The molecule has 1 atom stereocenters. The molecule has 0 spiro atoms. The molecule has 0 amide bonds. The summed E-state index contributed by atoms with van der Waals surface area (Å²) in [5, 5.41) is 21.2. The number of hydrogen-bond acceptors (Lipinski definition) is 3. The monoisotopic (exact) mass is 235 g/mol. The van der Waals surface area contributed by atoms with E-state index >= 15 is 0 Å². The Balaban J connectivity index is 1.90. The van der Waals surface area contributed by atoms with Crippen LogP contribution in [-0.2, 0) is 19.4 Å². The van der Waals surface area contributed by atoms with Crippen LogP contribution in [0.25, 0.3) is 0 Å². The number of benzene rings is 1. The molecule has 2 rings (SSSR count). The second kappa shape index (κ2) is 6.15. The predicted octanol–water partition coefficient (Wildman–Crippen LogP) is 1.01. The van der Waals surface area contributed by atoms with Gasteiger partial charge in [0.1, 0.15) is 0 Å². The van der Waals surface area contributed by atoms with Gasteiger partial charge in [0.2, 0.25) is 0 Å². The SMILES string of the molecule is OCCC(CO)NCc1ccc2c(c1)CCC2. The van der Waals surface area contributed by atoms with Crippen molar-refractivity contribution in [2.45, 2.75) is 38.3 Å². The van der Waals surface area contributed by atoms with Gasteiger partial charge in [-0.1, -0.05) is 18.2 Å². The summed E-state index contributed by atoms with van der Waals surface area (Å²) in [5.74, 6) is 0. The average Bonchev–Trinajstić information content (AvgIpc) is 2.81. The van der Waals surface area contributed by atoms with Crippen molar-refractivity contribution in [1.82, 2.24) is 5.32 Å². The Morgan fingerprint density at radius 2 is 2.00 bits per heavy atom. The van der Waals surface area contributed by atoms with Crippen LogP contribution in [0.5, 0.6) is 0 Å². The van der Waals surface area contributed by atoms with Crippen molar-refractivity contribution in [2.24, 2.45) is 0 Å². The minimum Gasteiger partial charge on any atom is -0.396 e. The zero-order valence-electron chi connectivity index (χ0n) is 10.2. The first-order valence-electron chi connectivity index (χ1n) is 6.39. The van der Waals surface area contributed by atoms with Gasteiger partial charge < -0.3 is 15.5 Å². The van der Waals surface area contributed by atoms with Crippen LogP contribution in [0.15, 0.2) is 18.2 Å². The number of aliphatic hydroxyl groups is 2. The fraction of sp³-hybridized carbons (Fsp3) is 0.571. The molecule has 3 N–H and O–H groups in total. The van der Waals surface area contributed by atoms with E-state index in [4.69, 9.17) is 10.2 Å². The molecule has 1 aromatic carbocycles. The number of rotatable bonds is 6. The van der Waals surface area contributed by atoms with Crippen molar-refractivity contribution in [3.05, 3.63) is 34.9 Å².